The number of benzene rings is 3. The molecule has 0 saturated carbocycles. The number of hydrogen-bond acceptors (Lipinski definition) is 3. The van der Waals surface area contributed by atoms with Crippen LogP contribution in [0.5, 0.6) is 0 Å². The molecule has 4 nitrogen and oxygen atoms in total. The minimum absolute atomic E-state index is 0.204. The van der Waals surface area contributed by atoms with E-state index in [4.69, 9.17) is 0 Å². The van der Waals surface area contributed by atoms with Crippen molar-refractivity contribution in [2.75, 3.05) is 0 Å². The third kappa shape index (κ3) is 4.38. The molecule has 1 aliphatic rings. The highest BCUT2D eigenvalue weighted by Gasteiger charge is 2.25. The molecule has 4 aromatic rings. The van der Waals surface area contributed by atoms with E-state index in [1.54, 1.807) is 12.1 Å². The van der Waals surface area contributed by atoms with Crippen LogP contribution < -0.4 is 5.32 Å². The Labute approximate surface area is 195 Å². The van der Waals surface area contributed by atoms with Crippen LogP contribution in [0.2, 0.25) is 0 Å². The van der Waals surface area contributed by atoms with Gasteiger partial charge >= 0.3 is 0 Å². The van der Waals surface area contributed by atoms with Crippen molar-refractivity contribution in [3.05, 3.63) is 113 Å². The molecule has 2 heterocycles. The molecule has 5 rings (SSSR count). The predicted molar refractivity (Wildman–Crippen MR) is 133 cm³/mol. The van der Waals surface area contributed by atoms with Gasteiger partial charge in [-0.05, 0) is 72.8 Å². The monoisotopic (exact) mass is 453 g/mol. The van der Waals surface area contributed by atoms with E-state index in [9.17, 15) is 9.18 Å². The van der Waals surface area contributed by atoms with E-state index in [1.807, 2.05) is 42.5 Å². The number of para-hydroxylation sites is 1. The van der Waals surface area contributed by atoms with Crippen molar-refractivity contribution in [3.63, 3.8) is 0 Å². The summed E-state index contributed by atoms with van der Waals surface area (Å²) in [6.07, 6.45) is 1.90. The molecular weight excluding hydrogens is 433 g/mol. The molecule has 162 valence electrons. The second kappa shape index (κ2) is 8.92. The Morgan fingerprint density at radius 1 is 0.939 bits per heavy atom. The molecule has 1 saturated heterocycles. The van der Waals surface area contributed by atoms with Crippen LogP contribution >= 0.6 is 11.8 Å². The van der Waals surface area contributed by atoms with Crippen LogP contribution in [-0.2, 0) is 4.79 Å². The lowest BCUT2D eigenvalue weighted by atomic mass is 10.1. The van der Waals surface area contributed by atoms with Gasteiger partial charge in [0.2, 0.25) is 0 Å². The van der Waals surface area contributed by atoms with Gasteiger partial charge in [-0.2, -0.15) is 0 Å². The zero-order chi connectivity index (χ0) is 22.8. The Bertz CT molecular complexity index is 1370. The molecule has 3 aromatic carbocycles. The molecule has 0 radical (unpaired) electrons. The topological polar surface area (TPSA) is 46.4 Å². The summed E-state index contributed by atoms with van der Waals surface area (Å²) in [5.41, 5.74) is 5.73. The summed E-state index contributed by atoms with van der Waals surface area (Å²) < 4.78 is 15.4. The number of aryl methyl sites for hydroxylation is 1. The molecule has 0 unspecified atom stereocenters. The van der Waals surface area contributed by atoms with Gasteiger partial charge in [0.05, 0.1) is 16.3 Å². The van der Waals surface area contributed by atoms with Crippen molar-refractivity contribution in [3.8, 4) is 16.9 Å². The first-order valence-electron chi connectivity index (χ1n) is 10.5. The van der Waals surface area contributed by atoms with Crippen molar-refractivity contribution >= 4 is 34.6 Å². The summed E-state index contributed by atoms with van der Waals surface area (Å²) in [7, 11) is 0. The normalized spacial score (nSPS) is 15.9. The van der Waals surface area contributed by atoms with Crippen LogP contribution in [-0.4, -0.2) is 15.6 Å². The van der Waals surface area contributed by atoms with Crippen LogP contribution in [0.1, 0.15) is 11.3 Å². The molecule has 1 aliphatic heterocycles. The smallest absolute Gasteiger partial charge is 0.264 e. The van der Waals surface area contributed by atoms with E-state index in [0.29, 0.717) is 15.8 Å². The molecule has 1 aromatic heterocycles. The first kappa shape index (κ1) is 21.0. The number of carbonyl (C=O) groups excluding carboxylic acids is 1. The number of aliphatic imine (C=N–C) groups is 1. The summed E-state index contributed by atoms with van der Waals surface area (Å²) in [5, 5.41) is 3.28. The largest absolute Gasteiger partial charge is 0.313 e. The number of amidine groups is 1. The quantitative estimate of drug-likeness (QED) is 0.359. The lowest BCUT2D eigenvalue weighted by molar-refractivity contribution is -0.115. The fraction of sp³-hybridized carbons (Fsp3) is 0.0370. The molecule has 0 spiro atoms. The zero-order valence-electron chi connectivity index (χ0n) is 17.8. The zero-order valence-corrected chi connectivity index (χ0v) is 18.6. The number of aromatic nitrogens is 1. The fourth-order valence-electron chi connectivity index (χ4n) is 3.83. The van der Waals surface area contributed by atoms with Gasteiger partial charge in [-0.1, -0.05) is 48.5 Å². The van der Waals surface area contributed by atoms with Crippen molar-refractivity contribution in [1.82, 2.24) is 9.88 Å². The standard InChI is InChI=1S/C27H20FN3OS/c1-18-16-20(17-24-26(32)30-27(33-24)29-22-14-12-21(28)13-15-22)25(19-8-4-2-5-9-19)31(18)23-10-6-3-7-11-23/h2-17H,1H3,(H,29,30,32)/b24-17-. The number of rotatable bonds is 4. The van der Waals surface area contributed by atoms with Crippen LogP contribution in [0.4, 0.5) is 10.1 Å². The van der Waals surface area contributed by atoms with Gasteiger partial charge in [0.15, 0.2) is 5.17 Å². The summed E-state index contributed by atoms with van der Waals surface area (Å²) in [5.74, 6) is -0.528. The van der Waals surface area contributed by atoms with Gasteiger partial charge in [-0.3, -0.25) is 4.79 Å². The van der Waals surface area contributed by atoms with E-state index in [0.717, 1.165) is 28.2 Å². The lowest BCUT2D eigenvalue weighted by Gasteiger charge is -2.13. The van der Waals surface area contributed by atoms with E-state index >= 15 is 0 Å². The lowest BCUT2D eigenvalue weighted by Crippen LogP contribution is -2.19. The number of thioether (sulfide) groups is 1. The molecule has 0 atom stereocenters. The van der Waals surface area contributed by atoms with Gasteiger partial charge in [0.1, 0.15) is 5.82 Å². The molecule has 1 N–H and O–H groups in total. The molecule has 33 heavy (non-hydrogen) atoms. The van der Waals surface area contributed by atoms with Gasteiger partial charge in [0.25, 0.3) is 5.91 Å². The molecule has 1 fully saturated rings. The minimum atomic E-state index is -0.325. The number of amides is 1. The number of carbonyl (C=O) groups is 1. The Hall–Kier alpha value is -3.90. The van der Waals surface area contributed by atoms with Crippen LogP contribution in [0.25, 0.3) is 23.0 Å². The molecule has 0 bridgehead atoms. The second-order valence-electron chi connectivity index (χ2n) is 7.58. The average molecular weight is 454 g/mol. The third-order valence-electron chi connectivity index (χ3n) is 5.27. The van der Waals surface area contributed by atoms with Gasteiger partial charge in [-0.25, -0.2) is 9.38 Å². The van der Waals surface area contributed by atoms with E-state index in [2.05, 4.69) is 52.1 Å². The summed E-state index contributed by atoms with van der Waals surface area (Å²) >= 11 is 1.27. The first-order chi connectivity index (χ1) is 16.1. The minimum Gasteiger partial charge on any atom is -0.313 e. The number of nitrogens with one attached hydrogen (secondary N) is 1. The van der Waals surface area contributed by atoms with Gasteiger partial charge in [-0.15, -0.1) is 0 Å². The number of halogens is 1. The maximum atomic E-state index is 13.2. The number of nitrogens with zero attached hydrogens (tertiary/aromatic N) is 2. The van der Waals surface area contributed by atoms with E-state index in [-0.39, 0.29) is 11.7 Å². The van der Waals surface area contributed by atoms with Crippen molar-refractivity contribution in [2.24, 2.45) is 4.99 Å². The maximum absolute atomic E-state index is 13.2. The fourth-order valence-corrected chi connectivity index (χ4v) is 4.66. The van der Waals surface area contributed by atoms with Gasteiger partial charge < -0.3 is 9.88 Å². The predicted octanol–water partition coefficient (Wildman–Crippen LogP) is 6.48. The van der Waals surface area contributed by atoms with Crippen molar-refractivity contribution in [1.29, 1.82) is 0 Å². The van der Waals surface area contributed by atoms with E-state index in [1.165, 1.54) is 23.9 Å². The molecule has 1 amide bonds. The Kier molecular flexibility index (Phi) is 5.67. The summed E-state index contributed by atoms with van der Waals surface area (Å²) in [6.45, 7) is 2.06. The maximum Gasteiger partial charge on any atom is 0.264 e. The highest BCUT2D eigenvalue weighted by molar-refractivity contribution is 8.18. The van der Waals surface area contributed by atoms with Crippen LogP contribution in [0, 0.1) is 12.7 Å². The van der Waals surface area contributed by atoms with Crippen molar-refractivity contribution < 1.29 is 9.18 Å². The summed E-state index contributed by atoms with van der Waals surface area (Å²) in [4.78, 5) is 17.7. The van der Waals surface area contributed by atoms with E-state index < -0.39 is 0 Å². The Morgan fingerprint density at radius 2 is 1.61 bits per heavy atom. The second-order valence-corrected chi connectivity index (χ2v) is 8.62. The molecule has 0 aliphatic carbocycles. The molecular formula is C27H20FN3OS. The Balaban J connectivity index is 1.57. The van der Waals surface area contributed by atoms with Crippen LogP contribution in [0.15, 0.2) is 101 Å². The molecule has 6 heteroatoms. The highest BCUT2D eigenvalue weighted by atomic mass is 32.2. The Morgan fingerprint density at radius 3 is 2.30 bits per heavy atom. The van der Waals surface area contributed by atoms with Crippen LogP contribution in [0.3, 0.4) is 0 Å². The first-order valence-corrected chi connectivity index (χ1v) is 11.3. The van der Waals surface area contributed by atoms with Crippen molar-refractivity contribution in [2.45, 2.75) is 6.92 Å². The average Bonchev–Trinajstić information content (AvgIpc) is 3.35. The SMILES string of the molecule is Cc1cc(/C=C2\SC(=Nc3ccc(F)cc3)NC2=O)c(-c2ccccc2)n1-c1ccccc1. The highest BCUT2D eigenvalue weighted by Crippen LogP contribution is 2.35. The van der Waals surface area contributed by atoms with Gasteiger partial charge in [0, 0.05) is 16.9 Å². The third-order valence-corrected chi connectivity index (χ3v) is 6.18. The number of hydrogen-bond donors (Lipinski definition) is 1. The summed E-state index contributed by atoms with van der Waals surface area (Å²) in [6, 6.07) is 28.2.